The maximum atomic E-state index is 5.75. The molecule has 19 heavy (non-hydrogen) atoms. The number of nitrogens with two attached hydrogens (primary N) is 1. The van der Waals surface area contributed by atoms with Crippen molar-refractivity contribution < 1.29 is 4.52 Å². The summed E-state index contributed by atoms with van der Waals surface area (Å²) >= 11 is 3.42. The smallest absolute Gasteiger partial charge is 0.259 e. The zero-order chi connectivity index (χ0) is 13.2. The highest BCUT2D eigenvalue weighted by molar-refractivity contribution is 9.10. The first-order valence-corrected chi connectivity index (χ1v) is 6.19. The topological polar surface area (TPSA) is 90.7 Å². The van der Waals surface area contributed by atoms with Gasteiger partial charge in [0.25, 0.3) is 5.89 Å². The standard InChI is InChI=1S/C12H8BrN5O/c13-9-2-1-7(14)5-8(9)12-17-11(18-19-12)10-3-4-15-6-16-10/h1-6H,14H2. The van der Waals surface area contributed by atoms with Crippen molar-refractivity contribution in [3.63, 3.8) is 0 Å². The van der Waals surface area contributed by atoms with Gasteiger partial charge in [-0.15, -0.1) is 0 Å². The van der Waals surface area contributed by atoms with Crippen LogP contribution in [0.1, 0.15) is 0 Å². The lowest BCUT2D eigenvalue weighted by atomic mass is 10.2. The molecule has 3 aromatic rings. The van der Waals surface area contributed by atoms with E-state index in [1.54, 1.807) is 24.4 Å². The van der Waals surface area contributed by atoms with Crippen molar-refractivity contribution >= 4 is 21.6 Å². The first kappa shape index (κ1) is 11.8. The van der Waals surface area contributed by atoms with Gasteiger partial charge in [-0.05, 0) is 40.2 Å². The molecule has 0 aliphatic rings. The van der Waals surface area contributed by atoms with Crippen molar-refractivity contribution in [3.05, 3.63) is 41.3 Å². The summed E-state index contributed by atoms with van der Waals surface area (Å²) in [5, 5.41) is 3.90. The first-order valence-electron chi connectivity index (χ1n) is 5.39. The number of halogens is 1. The van der Waals surface area contributed by atoms with E-state index in [2.05, 4.69) is 36.0 Å². The molecule has 0 fully saturated rings. The van der Waals surface area contributed by atoms with Gasteiger partial charge in [-0.1, -0.05) is 5.16 Å². The molecule has 2 N–H and O–H groups in total. The van der Waals surface area contributed by atoms with Crippen LogP contribution in [0.5, 0.6) is 0 Å². The van der Waals surface area contributed by atoms with Crippen LogP contribution >= 0.6 is 15.9 Å². The second kappa shape index (κ2) is 4.77. The molecule has 0 aliphatic heterocycles. The maximum absolute atomic E-state index is 5.75. The van der Waals surface area contributed by atoms with E-state index in [-0.39, 0.29) is 0 Å². The number of rotatable bonds is 2. The van der Waals surface area contributed by atoms with Gasteiger partial charge in [0.1, 0.15) is 12.0 Å². The third-order valence-corrected chi connectivity index (χ3v) is 3.15. The highest BCUT2D eigenvalue weighted by atomic mass is 79.9. The van der Waals surface area contributed by atoms with Crippen LogP contribution in [-0.2, 0) is 0 Å². The third-order valence-electron chi connectivity index (χ3n) is 2.46. The van der Waals surface area contributed by atoms with Crippen molar-refractivity contribution in [2.24, 2.45) is 0 Å². The summed E-state index contributed by atoms with van der Waals surface area (Å²) in [7, 11) is 0. The maximum Gasteiger partial charge on any atom is 0.259 e. The molecule has 94 valence electrons. The Hall–Kier alpha value is -2.28. The summed E-state index contributed by atoms with van der Waals surface area (Å²) in [5.74, 6) is 0.791. The summed E-state index contributed by atoms with van der Waals surface area (Å²) in [6, 6.07) is 7.10. The quantitative estimate of drug-likeness (QED) is 0.730. The molecule has 2 heterocycles. The predicted octanol–water partition coefficient (Wildman–Crippen LogP) is 2.54. The van der Waals surface area contributed by atoms with Gasteiger partial charge < -0.3 is 10.3 Å². The molecule has 1 aromatic carbocycles. The number of benzene rings is 1. The van der Waals surface area contributed by atoms with Crippen molar-refractivity contribution in [1.29, 1.82) is 0 Å². The monoisotopic (exact) mass is 317 g/mol. The van der Waals surface area contributed by atoms with Crippen LogP contribution in [-0.4, -0.2) is 20.1 Å². The Kier molecular flexibility index (Phi) is 2.96. The minimum absolute atomic E-state index is 0.382. The molecule has 0 amide bonds. The Morgan fingerprint density at radius 1 is 1.21 bits per heavy atom. The Morgan fingerprint density at radius 3 is 2.89 bits per heavy atom. The molecule has 2 aromatic heterocycles. The first-order chi connectivity index (χ1) is 9.24. The van der Waals surface area contributed by atoms with E-state index in [9.17, 15) is 0 Å². The Morgan fingerprint density at radius 2 is 2.11 bits per heavy atom. The van der Waals surface area contributed by atoms with Crippen LogP contribution in [0.4, 0.5) is 5.69 Å². The third kappa shape index (κ3) is 2.32. The SMILES string of the molecule is Nc1ccc(Br)c(-c2nc(-c3ccncn3)no2)c1. The predicted molar refractivity (Wildman–Crippen MR) is 72.9 cm³/mol. The Balaban J connectivity index is 2.04. The van der Waals surface area contributed by atoms with E-state index in [1.165, 1.54) is 6.33 Å². The van der Waals surface area contributed by atoms with Gasteiger partial charge in [-0.25, -0.2) is 9.97 Å². The van der Waals surface area contributed by atoms with E-state index in [0.29, 0.717) is 23.1 Å². The number of nitrogen functional groups attached to an aromatic ring is 1. The number of hydrogen-bond donors (Lipinski definition) is 1. The number of nitrogens with zero attached hydrogens (tertiary/aromatic N) is 4. The van der Waals surface area contributed by atoms with Gasteiger partial charge in [0, 0.05) is 16.4 Å². The minimum Gasteiger partial charge on any atom is -0.399 e. The number of aromatic nitrogens is 4. The van der Waals surface area contributed by atoms with Gasteiger partial charge in [-0.3, -0.25) is 0 Å². The van der Waals surface area contributed by atoms with Gasteiger partial charge in [0.15, 0.2) is 0 Å². The fraction of sp³-hybridized carbons (Fsp3) is 0. The molecule has 0 bridgehead atoms. The second-order valence-corrected chi connectivity index (χ2v) is 4.61. The highest BCUT2D eigenvalue weighted by Gasteiger charge is 2.14. The zero-order valence-corrected chi connectivity index (χ0v) is 11.2. The molecule has 0 spiro atoms. The largest absolute Gasteiger partial charge is 0.399 e. The van der Waals surface area contributed by atoms with Gasteiger partial charge in [0.2, 0.25) is 5.82 Å². The minimum atomic E-state index is 0.382. The van der Waals surface area contributed by atoms with E-state index in [0.717, 1.165) is 10.0 Å². The fourth-order valence-corrected chi connectivity index (χ4v) is 1.98. The van der Waals surface area contributed by atoms with Crippen LogP contribution in [0.2, 0.25) is 0 Å². The van der Waals surface area contributed by atoms with Gasteiger partial charge >= 0.3 is 0 Å². The molecule has 0 unspecified atom stereocenters. The molecule has 0 saturated carbocycles. The van der Waals surface area contributed by atoms with Crippen LogP contribution in [0.25, 0.3) is 23.0 Å². The number of hydrogen-bond acceptors (Lipinski definition) is 6. The van der Waals surface area contributed by atoms with Crippen molar-refractivity contribution in [1.82, 2.24) is 20.1 Å². The second-order valence-electron chi connectivity index (χ2n) is 3.76. The van der Waals surface area contributed by atoms with Crippen molar-refractivity contribution in [2.45, 2.75) is 0 Å². The highest BCUT2D eigenvalue weighted by Crippen LogP contribution is 2.29. The average Bonchev–Trinajstić information content (AvgIpc) is 2.92. The van der Waals surface area contributed by atoms with Crippen molar-refractivity contribution in [3.8, 4) is 23.0 Å². The summed E-state index contributed by atoms with van der Waals surface area (Å²) < 4.78 is 6.07. The lowest BCUT2D eigenvalue weighted by Crippen LogP contribution is -1.88. The molecule has 3 rings (SSSR count). The molecule has 0 saturated heterocycles. The lowest BCUT2D eigenvalue weighted by Gasteiger charge is -1.99. The molecule has 0 aliphatic carbocycles. The van der Waals surface area contributed by atoms with E-state index in [1.807, 2.05) is 6.07 Å². The lowest BCUT2D eigenvalue weighted by molar-refractivity contribution is 0.432. The van der Waals surface area contributed by atoms with Crippen molar-refractivity contribution in [2.75, 3.05) is 5.73 Å². The molecule has 6 nitrogen and oxygen atoms in total. The molecular weight excluding hydrogens is 310 g/mol. The fourth-order valence-electron chi connectivity index (χ4n) is 1.57. The Bertz CT molecular complexity index is 713. The summed E-state index contributed by atoms with van der Waals surface area (Å²) in [6.07, 6.45) is 3.05. The summed E-state index contributed by atoms with van der Waals surface area (Å²) in [4.78, 5) is 12.2. The van der Waals surface area contributed by atoms with Crippen LogP contribution in [0.15, 0.2) is 45.8 Å². The van der Waals surface area contributed by atoms with E-state index in [4.69, 9.17) is 10.3 Å². The van der Waals surface area contributed by atoms with Gasteiger partial charge in [0.05, 0.1) is 5.56 Å². The zero-order valence-electron chi connectivity index (χ0n) is 9.62. The molecular formula is C12H8BrN5O. The molecule has 7 heteroatoms. The molecule has 0 radical (unpaired) electrons. The summed E-state index contributed by atoms with van der Waals surface area (Å²) in [6.45, 7) is 0. The van der Waals surface area contributed by atoms with Crippen LogP contribution in [0.3, 0.4) is 0 Å². The summed E-state index contributed by atoms with van der Waals surface area (Å²) in [5.41, 5.74) is 7.72. The van der Waals surface area contributed by atoms with Crippen LogP contribution < -0.4 is 5.73 Å². The number of anilines is 1. The van der Waals surface area contributed by atoms with Gasteiger partial charge in [-0.2, -0.15) is 4.98 Å². The molecule has 0 atom stereocenters. The van der Waals surface area contributed by atoms with E-state index >= 15 is 0 Å². The average molecular weight is 318 g/mol. The Labute approximate surface area is 116 Å². The normalized spacial score (nSPS) is 10.6. The van der Waals surface area contributed by atoms with E-state index < -0.39 is 0 Å². The van der Waals surface area contributed by atoms with Crippen LogP contribution in [0, 0.1) is 0 Å².